The molecule has 5 nitrogen and oxygen atoms in total. The number of amides is 1. The highest BCUT2D eigenvalue weighted by atomic mass is 32.1. The van der Waals surface area contributed by atoms with Gasteiger partial charge in [-0.3, -0.25) is 4.79 Å². The summed E-state index contributed by atoms with van der Waals surface area (Å²) in [5.74, 6) is 3.23. The van der Waals surface area contributed by atoms with Crippen molar-refractivity contribution in [3.05, 3.63) is 23.0 Å². The van der Waals surface area contributed by atoms with Crippen LogP contribution in [0.5, 0.6) is 5.75 Å². The van der Waals surface area contributed by atoms with E-state index >= 15 is 0 Å². The summed E-state index contributed by atoms with van der Waals surface area (Å²) in [4.78, 5) is 19.2. The topological polar surface area (TPSA) is 52.8 Å². The van der Waals surface area contributed by atoms with Crippen molar-refractivity contribution in [1.29, 1.82) is 0 Å². The zero-order valence-electron chi connectivity index (χ0n) is 18.1. The average Bonchev–Trinajstić information content (AvgIpc) is 3.04. The third kappa shape index (κ3) is 3.62. The molecular weight excluding hydrogens is 396 g/mol. The van der Waals surface area contributed by atoms with Gasteiger partial charge in [0.2, 0.25) is 0 Å². The van der Waals surface area contributed by atoms with Gasteiger partial charge >= 0.3 is 0 Å². The Balaban J connectivity index is 1.52. The number of ether oxygens (including phenoxy) is 2. The number of rotatable bonds is 7. The van der Waals surface area contributed by atoms with Gasteiger partial charge in [-0.1, -0.05) is 11.3 Å². The number of fused-ring (bicyclic) bond motifs is 1. The summed E-state index contributed by atoms with van der Waals surface area (Å²) < 4.78 is 14.6. The van der Waals surface area contributed by atoms with Crippen molar-refractivity contribution in [2.75, 3.05) is 19.8 Å². The van der Waals surface area contributed by atoms with Crippen LogP contribution < -0.4 is 9.54 Å². The predicted molar refractivity (Wildman–Crippen MR) is 119 cm³/mol. The standard InChI is InChI=1S/C24H32N2O3S/c1-3-28-8-7-26-20-6-5-19(29-4-2)12-21(20)30-23(26)25-22(27)24-13-16-9-17(14-24)11-18(10-16)15-24/h5-6,12,16-18H,3-4,7-11,13-15H2,1-2H3. The van der Waals surface area contributed by atoms with E-state index in [-0.39, 0.29) is 11.3 Å². The Bertz CT molecular complexity index is 970. The average molecular weight is 429 g/mol. The number of aromatic nitrogens is 1. The summed E-state index contributed by atoms with van der Waals surface area (Å²) in [6.45, 7) is 6.65. The van der Waals surface area contributed by atoms with Gasteiger partial charge in [0.05, 0.1) is 28.8 Å². The minimum absolute atomic E-state index is 0.128. The molecule has 0 aliphatic heterocycles. The van der Waals surface area contributed by atoms with Crippen LogP contribution in [0.15, 0.2) is 23.2 Å². The maximum absolute atomic E-state index is 13.6. The molecule has 4 aliphatic carbocycles. The largest absolute Gasteiger partial charge is 0.494 e. The fourth-order valence-electron chi connectivity index (χ4n) is 6.49. The normalized spacial score (nSPS) is 30.3. The number of carbonyl (C=O) groups is 1. The second-order valence-electron chi connectivity index (χ2n) is 9.41. The van der Waals surface area contributed by atoms with Crippen LogP contribution >= 0.6 is 11.3 Å². The van der Waals surface area contributed by atoms with Crippen LogP contribution in [0.1, 0.15) is 52.4 Å². The van der Waals surface area contributed by atoms with Gasteiger partial charge in [-0.15, -0.1) is 0 Å². The molecule has 0 saturated heterocycles. The number of hydrogen-bond donors (Lipinski definition) is 0. The van der Waals surface area contributed by atoms with Crippen LogP contribution in [0, 0.1) is 23.2 Å². The summed E-state index contributed by atoms with van der Waals surface area (Å²) >= 11 is 1.59. The molecule has 4 fully saturated rings. The van der Waals surface area contributed by atoms with Crippen LogP contribution in [0.25, 0.3) is 10.2 Å². The quantitative estimate of drug-likeness (QED) is 0.596. The fourth-order valence-corrected chi connectivity index (χ4v) is 7.57. The van der Waals surface area contributed by atoms with Crippen LogP contribution in [0.4, 0.5) is 0 Å². The van der Waals surface area contributed by atoms with Crippen molar-refractivity contribution in [3.63, 3.8) is 0 Å². The Morgan fingerprint density at radius 1 is 1.13 bits per heavy atom. The lowest BCUT2D eigenvalue weighted by Crippen LogP contribution is -2.50. The number of hydrogen-bond acceptors (Lipinski definition) is 4. The Labute approximate surface area is 182 Å². The van der Waals surface area contributed by atoms with E-state index < -0.39 is 0 Å². The molecule has 0 unspecified atom stereocenters. The van der Waals surface area contributed by atoms with Crippen molar-refractivity contribution in [1.82, 2.24) is 4.57 Å². The maximum atomic E-state index is 13.6. The molecule has 2 aromatic rings. The van der Waals surface area contributed by atoms with Crippen LogP contribution in [0.3, 0.4) is 0 Å². The SMILES string of the molecule is CCOCCn1c(=NC(=O)C23CC4CC(CC(C4)C2)C3)sc2cc(OCC)ccc21. The summed E-state index contributed by atoms with van der Waals surface area (Å²) in [6.07, 6.45) is 7.18. The first-order valence-corrected chi connectivity index (χ1v) is 12.3. The number of carbonyl (C=O) groups excluding carboxylic acids is 1. The molecule has 162 valence electrons. The Morgan fingerprint density at radius 3 is 2.47 bits per heavy atom. The predicted octanol–water partition coefficient (Wildman–Crippen LogP) is 4.78. The molecule has 4 aliphatic rings. The van der Waals surface area contributed by atoms with E-state index in [1.807, 2.05) is 19.9 Å². The van der Waals surface area contributed by atoms with Gasteiger partial charge in [0.1, 0.15) is 5.75 Å². The van der Waals surface area contributed by atoms with Gasteiger partial charge < -0.3 is 14.0 Å². The van der Waals surface area contributed by atoms with E-state index in [0.29, 0.717) is 26.4 Å². The molecule has 0 radical (unpaired) electrons. The van der Waals surface area contributed by atoms with Crippen molar-refractivity contribution in [2.24, 2.45) is 28.2 Å². The molecule has 30 heavy (non-hydrogen) atoms. The summed E-state index contributed by atoms with van der Waals surface area (Å²) in [5, 5.41) is 0. The molecule has 1 heterocycles. The number of nitrogens with zero attached hydrogens (tertiary/aromatic N) is 2. The minimum Gasteiger partial charge on any atom is -0.494 e. The Hall–Kier alpha value is -1.66. The third-order valence-electron chi connectivity index (χ3n) is 7.32. The number of thiazole rings is 1. The molecular formula is C24H32N2O3S. The second-order valence-corrected chi connectivity index (χ2v) is 10.4. The van der Waals surface area contributed by atoms with E-state index in [9.17, 15) is 4.79 Å². The molecule has 6 rings (SSSR count). The summed E-state index contributed by atoms with van der Waals surface area (Å²) in [7, 11) is 0. The van der Waals surface area contributed by atoms with Gasteiger partial charge in [-0.25, -0.2) is 0 Å². The van der Waals surface area contributed by atoms with Crippen molar-refractivity contribution in [3.8, 4) is 5.75 Å². The monoisotopic (exact) mass is 428 g/mol. The summed E-state index contributed by atoms with van der Waals surface area (Å²) in [5.41, 5.74) is 0.902. The highest BCUT2D eigenvalue weighted by Crippen LogP contribution is 2.60. The zero-order valence-corrected chi connectivity index (χ0v) is 18.9. The van der Waals surface area contributed by atoms with Crippen molar-refractivity contribution in [2.45, 2.75) is 58.9 Å². The molecule has 1 aromatic heterocycles. The molecule has 1 aromatic carbocycles. The van der Waals surface area contributed by atoms with E-state index in [2.05, 4.69) is 16.7 Å². The molecule has 0 N–H and O–H groups in total. The highest BCUT2D eigenvalue weighted by molar-refractivity contribution is 7.16. The fraction of sp³-hybridized carbons (Fsp3) is 0.667. The first-order valence-electron chi connectivity index (χ1n) is 11.5. The lowest BCUT2D eigenvalue weighted by molar-refractivity contribution is -0.142. The first-order chi connectivity index (χ1) is 14.6. The maximum Gasteiger partial charge on any atom is 0.254 e. The van der Waals surface area contributed by atoms with Gasteiger partial charge in [-0.05, 0) is 88.3 Å². The van der Waals surface area contributed by atoms with Crippen LogP contribution in [0.2, 0.25) is 0 Å². The molecule has 4 saturated carbocycles. The third-order valence-corrected chi connectivity index (χ3v) is 8.36. The minimum atomic E-state index is -0.195. The summed E-state index contributed by atoms with van der Waals surface area (Å²) in [6, 6.07) is 6.15. The van der Waals surface area contributed by atoms with E-state index in [1.54, 1.807) is 11.3 Å². The van der Waals surface area contributed by atoms with Gasteiger partial charge in [0.15, 0.2) is 4.80 Å². The van der Waals surface area contributed by atoms with Gasteiger partial charge in [-0.2, -0.15) is 4.99 Å². The smallest absolute Gasteiger partial charge is 0.254 e. The Kier molecular flexibility index (Phi) is 5.48. The highest BCUT2D eigenvalue weighted by Gasteiger charge is 2.54. The van der Waals surface area contributed by atoms with Gasteiger partial charge in [0, 0.05) is 13.2 Å². The molecule has 4 bridgehead atoms. The second kappa shape index (κ2) is 8.12. The molecule has 6 heteroatoms. The lowest BCUT2D eigenvalue weighted by atomic mass is 9.49. The first kappa shape index (κ1) is 20.3. The molecule has 1 amide bonds. The van der Waals surface area contributed by atoms with Crippen LogP contribution in [-0.2, 0) is 16.1 Å². The van der Waals surface area contributed by atoms with Crippen molar-refractivity contribution >= 4 is 27.5 Å². The van der Waals surface area contributed by atoms with E-state index in [1.165, 1.54) is 19.3 Å². The van der Waals surface area contributed by atoms with Crippen molar-refractivity contribution < 1.29 is 14.3 Å². The van der Waals surface area contributed by atoms with E-state index in [0.717, 1.165) is 57.8 Å². The molecule has 0 atom stereocenters. The Morgan fingerprint density at radius 2 is 1.83 bits per heavy atom. The van der Waals surface area contributed by atoms with Gasteiger partial charge in [0.25, 0.3) is 5.91 Å². The zero-order chi connectivity index (χ0) is 20.7. The van der Waals surface area contributed by atoms with E-state index in [4.69, 9.17) is 14.5 Å². The van der Waals surface area contributed by atoms with Crippen LogP contribution in [-0.4, -0.2) is 30.3 Å². The number of benzene rings is 1. The molecule has 0 spiro atoms. The lowest BCUT2D eigenvalue weighted by Gasteiger charge is -2.55.